The molecule has 81 heavy (non-hydrogen) atoms. The Bertz CT molecular complexity index is 5610. The Hall–Kier alpha value is -10.5. The van der Waals surface area contributed by atoms with E-state index >= 15 is 0 Å². The SMILES string of the molecule is N#Cc1c(-c2ccccc2)c(C#N)c(-n2c3c(ccc4c5ccccc5sc43)c3ccc4c5cc(-c6ccccc6)ccc5sc4c32)c(-c2ccccc2)c1-n1c2ccccc2c2cc(-c3cccc4oc5ccccc5c34)ccc21. The highest BCUT2D eigenvalue weighted by Crippen LogP contribution is 2.53. The summed E-state index contributed by atoms with van der Waals surface area (Å²) in [6.45, 7) is 0. The Morgan fingerprint density at radius 2 is 0.852 bits per heavy atom. The van der Waals surface area contributed by atoms with Crippen LogP contribution in [-0.2, 0) is 0 Å². The van der Waals surface area contributed by atoms with E-state index in [1.54, 1.807) is 22.7 Å². The highest BCUT2D eigenvalue weighted by atomic mass is 32.1. The summed E-state index contributed by atoms with van der Waals surface area (Å²) < 4.78 is 15.8. The van der Waals surface area contributed by atoms with Gasteiger partial charge < -0.3 is 13.6 Å². The molecule has 7 heteroatoms. The van der Waals surface area contributed by atoms with Crippen molar-refractivity contribution in [2.75, 3.05) is 0 Å². The molecule has 0 amide bonds. The van der Waals surface area contributed by atoms with E-state index in [9.17, 15) is 10.5 Å². The van der Waals surface area contributed by atoms with E-state index < -0.39 is 0 Å². The van der Waals surface area contributed by atoms with Crippen LogP contribution in [0.25, 0.3) is 162 Å². The van der Waals surface area contributed by atoms with Crippen LogP contribution in [0.2, 0.25) is 0 Å². The second-order valence-corrected chi connectivity index (χ2v) is 22.9. The van der Waals surface area contributed by atoms with Gasteiger partial charge in [0.05, 0.1) is 54.0 Å². The van der Waals surface area contributed by atoms with Gasteiger partial charge in [-0.3, -0.25) is 0 Å². The number of fused-ring (bicyclic) bond motifs is 17. The molecule has 0 aliphatic rings. The van der Waals surface area contributed by atoms with Crippen molar-refractivity contribution in [2.24, 2.45) is 0 Å². The summed E-state index contributed by atoms with van der Waals surface area (Å²) in [6.07, 6.45) is 0. The van der Waals surface area contributed by atoms with E-state index in [0.29, 0.717) is 22.4 Å². The molecule has 0 unspecified atom stereocenters. The van der Waals surface area contributed by atoms with Gasteiger partial charge >= 0.3 is 0 Å². The minimum absolute atomic E-state index is 0.412. The number of furan rings is 1. The quantitative estimate of drug-likeness (QED) is 0.167. The lowest BCUT2D eigenvalue weighted by Crippen LogP contribution is -2.11. The van der Waals surface area contributed by atoms with Crippen molar-refractivity contribution >= 4 is 129 Å². The molecule has 0 atom stereocenters. The standard InChI is InChI=1S/C74H40N4OS2/c75-41-58-66(44-19-6-2-7-20-44)59(42-76)70(78-71-51(33-35-53-50-24-12-15-30-64(50)80-73(53)71)52-34-36-54-57-39-46(43-17-4-1-5-18-43)32-38-65(57)81-74(54)72(52)78)67(45-21-8-3-9-22-45)69(58)77-60-27-13-10-23-49(60)56-40-47(31-37-61(56)77)48-26-16-29-63-68(48)55-25-11-14-28-62(55)79-63/h1-40H. The molecule has 5 heterocycles. The van der Waals surface area contributed by atoms with E-state index in [4.69, 9.17) is 4.42 Å². The maximum absolute atomic E-state index is 12.3. The van der Waals surface area contributed by atoms with Gasteiger partial charge in [0.25, 0.3) is 0 Å². The number of benzene rings is 12. The number of para-hydroxylation sites is 2. The van der Waals surface area contributed by atoms with E-state index in [-0.39, 0.29) is 0 Å². The smallest absolute Gasteiger partial charge is 0.136 e. The molecule has 0 N–H and O–H groups in total. The predicted molar refractivity (Wildman–Crippen MR) is 339 cm³/mol. The molecule has 12 aromatic carbocycles. The van der Waals surface area contributed by atoms with Crippen molar-refractivity contribution in [2.45, 2.75) is 0 Å². The third-order valence-corrected chi connectivity index (χ3v) is 19.0. The predicted octanol–water partition coefficient (Wildman–Crippen LogP) is 20.9. The highest BCUT2D eigenvalue weighted by Gasteiger charge is 2.33. The average Bonchev–Trinajstić information content (AvgIpc) is 4.18. The average molecular weight is 1070 g/mol. The molecular formula is C74H40N4OS2. The van der Waals surface area contributed by atoms with Gasteiger partial charge in [-0.15, -0.1) is 22.7 Å². The first-order chi connectivity index (χ1) is 40.1. The maximum atomic E-state index is 12.3. The Labute approximate surface area is 471 Å². The summed E-state index contributed by atoms with van der Waals surface area (Å²) in [5, 5.41) is 35.6. The maximum Gasteiger partial charge on any atom is 0.136 e. The summed E-state index contributed by atoms with van der Waals surface area (Å²) >= 11 is 3.59. The molecule has 17 rings (SSSR count). The molecule has 0 saturated carbocycles. The number of aromatic nitrogens is 2. The van der Waals surface area contributed by atoms with Crippen molar-refractivity contribution in [3.8, 4) is 68.0 Å². The summed E-state index contributed by atoms with van der Waals surface area (Å²) in [4.78, 5) is 0. The van der Waals surface area contributed by atoms with Crippen molar-refractivity contribution in [3.05, 3.63) is 254 Å². The fourth-order valence-corrected chi connectivity index (χ4v) is 15.6. The number of rotatable bonds is 6. The van der Waals surface area contributed by atoms with Crippen LogP contribution in [0.3, 0.4) is 0 Å². The van der Waals surface area contributed by atoms with Gasteiger partial charge in [-0.25, -0.2) is 0 Å². The van der Waals surface area contributed by atoms with Crippen molar-refractivity contribution in [1.82, 2.24) is 9.13 Å². The van der Waals surface area contributed by atoms with E-state index in [1.807, 2.05) is 54.6 Å². The Balaban J connectivity index is 1.08. The Kier molecular flexibility index (Phi) is 9.82. The number of nitriles is 2. The van der Waals surface area contributed by atoms with Crippen LogP contribution in [0.5, 0.6) is 0 Å². The Morgan fingerprint density at radius 3 is 1.56 bits per heavy atom. The molecule has 17 aromatic rings. The van der Waals surface area contributed by atoms with E-state index in [2.05, 4.69) is 209 Å². The highest BCUT2D eigenvalue weighted by molar-refractivity contribution is 7.27. The molecule has 0 aliphatic carbocycles. The summed E-state index contributed by atoms with van der Waals surface area (Å²) in [7, 11) is 0. The minimum Gasteiger partial charge on any atom is -0.456 e. The van der Waals surface area contributed by atoms with Gasteiger partial charge in [0, 0.05) is 74.4 Å². The second-order valence-electron chi connectivity index (χ2n) is 20.8. The summed E-state index contributed by atoms with van der Waals surface area (Å²) in [5.74, 6) is 0. The zero-order valence-electron chi connectivity index (χ0n) is 43.1. The first kappa shape index (κ1) is 45.5. The van der Waals surface area contributed by atoms with Crippen LogP contribution in [0.15, 0.2) is 247 Å². The molecule has 0 saturated heterocycles. The molecule has 374 valence electrons. The first-order valence-electron chi connectivity index (χ1n) is 27.0. The summed E-state index contributed by atoms with van der Waals surface area (Å²) in [5.41, 5.74) is 15.3. The van der Waals surface area contributed by atoms with Crippen LogP contribution < -0.4 is 0 Å². The molecule has 0 spiro atoms. The van der Waals surface area contributed by atoms with Gasteiger partial charge in [-0.1, -0.05) is 194 Å². The number of hydrogen-bond donors (Lipinski definition) is 0. The molecule has 0 bridgehead atoms. The van der Waals surface area contributed by atoms with Gasteiger partial charge in [-0.05, 0) is 81.9 Å². The second kappa shape index (κ2) is 17.5. The third kappa shape index (κ3) is 6.50. The first-order valence-corrected chi connectivity index (χ1v) is 28.7. The van der Waals surface area contributed by atoms with Gasteiger partial charge in [0.1, 0.15) is 23.3 Å². The lowest BCUT2D eigenvalue weighted by molar-refractivity contribution is 0.669. The zero-order chi connectivity index (χ0) is 53.4. The fourth-order valence-electron chi connectivity index (χ4n) is 13.2. The normalized spacial score (nSPS) is 11.9. The van der Waals surface area contributed by atoms with Crippen LogP contribution in [0.1, 0.15) is 11.1 Å². The van der Waals surface area contributed by atoms with Gasteiger partial charge in [0.2, 0.25) is 0 Å². The molecule has 0 fully saturated rings. The van der Waals surface area contributed by atoms with Crippen molar-refractivity contribution in [3.63, 3.8) is 0 Å². The number of thiophene rings is 2. The lowest BCUT2D eigenvalue weighted by atomic mass is 9.86. The lowest BCUT2D eigenvalue weighted by Gasteiger charge is -2.25. The van der Waals surface area contributed by atoms with Crippen LogP contribution in [0, 0.1) is 22.7 Å². The largest absolute Gasteiger partial charge is 0.456 e. The van der Waals surface area contributed by atoms with Crippen LogP contribution in [-0.4, -0.2) is 9.13 Å². The zero-order valence-corrected chi connectivity index (χ0v) is 44.7. The monoisotopic (exact) mass is 1060 g/mol. The Morgan fingerprint density at radius 1 is 0.333 bits per heavy atom. The molecule has 0 aliphatic heterocycles. The molecule has 5 nitrogen and oxygen atoms in total. The van der Waals surface area contributed by atoms with E-state index in [1.165, 1.54) is 20.2 Å². The third-order valence-electron chi connectivity index (χ3n) is 16.6. The topological polar surface area (TPSA) is 70.6 Å². The van der Waals surface area contributed by atoms with Crippen molar-refractivity contribution in [1.29, 1.82) is 10.5 Å². The van der Waals surface area contributed by atoms with Crippen molar-refractivity contribution < 1.29 is 4.42 Å². The molecular weight excluding hydrogens is 1020 g/mol. The van der Waals surface area contributed by atoms with Gasteiger partial charge in [-0.2, -0.15) is 10.5 Å². The van der Waals surface area contributed by atoms with Crippen LogP contribution in [0.4, 0.5) is 0 Å². The molecule has 0 radical (unpaired) electrons. The van der Waals surface area contributed by atoms with E-state index in [0.717, 1.165) is 130 Å². The number of nitrogens with zero attached hydrogens (tertiary/aromatic N) is 4. The van der Waals surface area contributed by atoms with Gasteiger partial charge in [0.15, 0.2) is 0 Å². The summed E-state index contributed by atoms with van der Waals surface area (Å²) in [6, 6.07) is 91.2. The van der Waals surface area contributed by atoms with Crippen LogP contribution >= 0.6 is 22.7 Å². The number of hydrogen-bond acceptors (Lipinski definition) is 5. The minimum atomic E-state index is 0.412. The fraction of sp³-hybridized carbons (Fsp3) is 0. The molecule has 5 aromatic heterocycles.